The van der Waals surface area contributed by atoms with Crippen molar-refractivity contribution in [2.75, 3.05) is 26.9 Å². The molecule has 5 aromatic rings. The van der Waals surface area contributed by atoms with Gasteiger partial charge in [0.2, 0.25) is 0 Å². The molecule has 2 heterocycles. The van der Waals surface area contributed by atoms with Gasteiger partial charge in [-0.2, -0.15) is 21.6 Å². The van der Waals surface area contributed by atoms with Crippen molar-refractivity contribution in [3.8, 4) is 5.75 Å². The summed E-state index contributed by atoms with van der Waals surface area (Å²) in [6.07, 6.45) is -1.31. The number of rotatable bonds is 16. The van der Waals surface area contributed by atoms with E-state index in [4.69, 9.17) is 27.6 Å². The molecule has 3 aliphatic rings. The second-order valence-electron chi connectivity index (χ2n) is 18.8. The monoisotopic (exact) mass is 998 g/mol. The summed E-state index contributed by atoms with van der Waals surface area (Å²) in [5.74, 6) is -2.37. The van der Waals surface area contributed by atoms with Gasteiger partial charge in [-0.05, 0) is 63.5 Å². The molecular weight excluding hydrogens is 942 g/mol. The predicted molar refractivity (Wildman–Crippen MR) is 258 cm³/mol. The predicted octanol–water partition coefficient (Wildman–Crippen LogP) is 9.00. The molecule has 1 atom stereocenters. The van der Waals surface area contributed by atoms with E-state index in [1.807, 2.05) is 103 Å². The molecule has 2 amide bonds. The molecule has 1 saturated carbocycles. The highest BCUT2D eigenvalue weighted by atomic mass is 32.2. The van der Waals surface area contributed by atoms with Crippen molar-refractivity contribution in [2.45, 2.75) is 94.0 Å². The van der Waals surface area contributed by atoms with Crippen LogP contribution in [0.1, 0.15) is 63.1 Å². The summed E-state index contributed by atoms with van der Waals surface area (Å²) in [6.45, 7) is 6.68. The zero-order chi connectivity index (χ0) is 49.8. The highest BCUT2D eigenvalue weighted by Gasteiger charge is 2.64. The van der Waals surface area contributed by atoms with E-state index in [1.54, 1.807) is 42.5 Å². The molecule has 2 aliphatic heterocycles. The van der Waals surface area contributed by atoms with E-state index in [2.05, 4.69) is 20.8 Å². The molecule has 17 heteroatoms. The molecular formula is C53H57F3N2O10SSi. The highest BCUT2D eigenvalue weighted by molar-refractivity contribution is 7.87. The summed E-state index contributed by atoms with van der Waals surface area (Å²) in [4.78, 5) is 31.9. The molecule has 1 saturated heterocycles. The number of hydrogen-bond acceptors (Lipinski definition) is 10. The van der Waals surface area contributed by atoms with Crippen molar-refractivity contribution < 1.29 is 58.7 Å². The van der Waals surface area contributed by atoms with Crippen molar-refractivity contribution in [1.29, 1.82) is 0 Å². The molecule has 8 rings (SSSR count). The number of ether oxygens (including phenoxy) is 4. The summed E-state index contributed by atoms with van der Waals surface area (Å²) in [6, 6.07) is 44.2. The largest absolute Gasteiger partial charge is 0.534 e. The van der Waals surface area contributed by atoms with Gasteiger partial charge in [0, 0.05) is 19.9 Å². The Labute approximate surface area is 408 Å². The Balaban J connectivity index is 1.27. The zero-order valence-electron chi connectivity index (χ0n) is 39.5. The third kappa shape index (κ3) is 10.3. The van der Waals surface area contributed by atoms with Gasteiger partial charge in [0.15, 0.2) is 17.2 Å². The second-order valence-corrected chi connectivity index (χ2v) is 24.7. The fraction of sp³-hybridized carbons (Fsp3) is 0.358. The summed E-state index contributed by atoms with van der Waals surface area (Å²) in [7, 11) is -8.68. The number of carbonyl (C=O) groups excluding carboxylic acids is 2. The average molecular weight is 999 g/mol. The highest BCUT2D eigenvalue weighted by Crippen LogP contribution is 2.53. The molecule has 0 N–H and O–H groups in total. The molecule has 0 radical (unpaired) electrons. The van der Waals surface area contributed by atoms with Crippen LogP contribution in [0.3, 0.4) is 0 Å². The molecule has 2 fully saturated rings. The van der Waals surface area contributed by atoms with Crippen LogP contribution in [0, 0.1) is 0 Å². The van der Waals surface area contributed by atoms with Gasteiger partial charge in [-0.25, -0.2) is 4.79 Å². The lowest BCUT2D eigenvalue weighted by Crippen LogP contribution is -2.68. The maximum atomic E-state index is 15.8. The van der Waals surface area contributed by atoms with Gasteiger partial charge in [-0.3, -0.25) is 9.69 Å². The first-order chi connectivity index (χ1) is 33.4. The number of amides is 2. The number of hydrogen-bond donors (Lipinski definition) is 0. The molecule has 0 aromatic heterocycles. The fourth-order valence-corrected chi connectivity index (χ4v) is 15.1. The minimum Gasteiger partial charge on any atom is -0.489 e. The number of halogens is 3. The fourth-order valence-electron chi connectivity index (χ4n) is 9.97. The Hall–Kier alpha value is -5.98. The second kappa shape index (κ2) is 20.4. The van der Waals surface area contributed by atoms with Crippen LogP contribution in [0.25, 0.3) is 0 Å². The van der Waals surface area contributed by atoms with Gasteiger partial charge in [0.1, 0.15) is 24.5 Å². The van der Waals surface area contributed by atoms with Crippen molar-refractivity contribution in [1.82, 2.24) is 9.80 Å². The number of likely N-dealkylation sites (N-methyl/N-ethyl adjacent to an activating group) is 1. The standard InChI is InChI=1S/C53H57F3N2O10SSi/c1-50(2,3)70(44-21-13-7-14-22-44,45-23-15-8-16-24-45)67-38-42(35-39-25-27-43(28-26-39)63-36-40-17-9-5-10-18-40)58-48(59)46(57(4)49(60)64-37-41-19-11-6-12-20-41)47(68-69(61,62)53(54,55)56)51(58)29-31-52(32-30-51)65-33-34-66-52/h5-28,42H,29-38H2,1-4H3/t42-/m0/s1. The van der Waals surface area contributed by atoms with Crippen LogP contribution in [0.15, 0.2) is 157 Å². The van der Waals surface area contributed by atoms with E-state index >= 15 is 4.79 Å². The van der Waals surface area contributed by atoms with Crippen molar-refractivity contribution >= 4 is 40.8 Å². The van der Waals surface area contributed by atoms with Crippen molar-refractivity contribution in [3.63, 3.8) is 0 Å². The van der Waals surface area contributed by atoms with E-state index in [0.29, 0.717) is 23.5 Å². The van der Waals surface area contributed by atoms with E-state index < -0.39 is 69.8 Å². The van der Waals surface area contributed by atoms with E-state index in [9.17, 15) is 26.4 Å². The molecule has 12 nitrogen and oxygen atoms in total. The van der Waals surface area contributed by atoms with Gasteiger partial charge in [-0.1, -0.05) is 154 Å². The summed E-state index contributed by atoms with van der Waals surface area (Å²) in [5, 5.41) is 1.33. The Morgan fingerprint density at radius 3 is 1.73 bits per heavy atom. The molecule has 5 aromatic carbocycles. The SMILES string of the molecule is CN(C(=O)OCc1ccccc1)C1=C(OS(=O)(=O)C(F)(F)F)C2(CCC3(CC2)OCCO3)N([C@H](CO[Si](c2ccccc2)(c2ccccc2)C(C)(C)C)Cc2ccc(OCc3ccccc3)cc2)C1=O. The smallest absolute Gasteiger partial charge is 0.489 e. The number of nitrogens with zero attached hydrogens (tertiary/aromatic N) is 2. The summed E-state index contributed by atoms with van der Waals surface area (Å²) >= 11 is 0. The first kappa shape index (κ1) is 50.4. The minimum atomic E-state index is -6.44. The van der Waals surface area contributed by atoms with Crippen LogP contribution in [-0.2, 0) is 57.4 Å². The summed E-state index contributed by atoms with van der Waals surface area (Å²) < 4.78 is 107. The maximum absolute atomic E-state index is 15.8. The topological polar surface area (TPSA) is 130 Å². The lowest BCUT2D eigenvalue weighted by molar-refractivity contribution is -0.194. The normalized spacial score (nSPS) is 17.5. The van der Waals surface area contributed by atoms with Gasteiger partial charge in [0.05, 0.1) is 25.9 Å². The van der Waals surface area contributed by atoms with E-state index in [-0.39, 0.29) is 58.5 Å². The third-order valence-electron chi connectivity index (χ3n) is 13.4. The van der Waals surface area contributed by atoms with Crippen LogP contribution >= 0.6 is 0 Å². The molecule has 0 bridgehead atoms. The third-order valence-corrected chi connectivity index (χ3v) is 19.3. The van der Waals surface area contributed by atoms with Crippen molar-refractivity contribution in [3.05, 3.63) is 174 Å². The Kier molecular flexibility index (Phi) is 14.7. The van der Waals surface area contributed by atoms with E-state index in [0.717, 1.165) is 27.9 Å². The lowest BCUT2D eigenvalue weighted by atomic mass is 9.76. The average Bonchev–Trinajstić information content (AvgIpc) is 3.90. The van der Waals surface area contributed by atoms with Crippen LogP contribution in [0.5, 0.6) is 5.75 Å². The summed E-state index contributed by atoms with van der Waals surface area (Å²) in [5.41, 5.74) is -6.26. The Morgan fingerprint density at radius 1 is 0.729 bits per heavy atom. The quantitative estimate of drug-likeness (QED) is 0.0537. The van der Waals surface area contributed by atoms with E-state index in [1.165, 1.54) is 4.90 Å². The lowest BCUT2D eigenvalue weighted by Gasteiger charge is -2.50. The van der Waals surface area contributed by atoms with Crippen LogP contribution in [0.2, 0.25) is 5.04 Å². The first-order valence-corrected chi connectivity index (χ1v) is 26.5. The number of alkyl halides is 3. The van der Waals surface area contributed by atoms with Gasteiger partial charge in [0.25, 0.3) is 14.2 Å². The minimum absolute atomic E-state index is 0.0425. The number of carbonyl (C=O) groups is 2. The Morgan fingerprint density at radius 2 is 1.23 bits per heavy atom. The molecule has 370 valence electrons. The van der Waals surface area contributed by atoms with Gasteiger partial charge >= 0.3 is 21.7 Å². The molecule has 0 unspecified atom stereocenters. The van der Waals surface area contributed by atoms with Crippen molar-refractivity contribution in [2.24, 2.45) is 0 Å². The molecule has 2 spiro atoms. The van der Waals surface area contributed by atoms with Gasteiger partial charge < -0.3 is 32.5 Å². The molecule has 70 heavy (non-hydrogen) atoms. The van der Waals surface area contributed by atoms with Crippen LogP contribution in [0.4, 0.5) is 18.0 Å². The van der Waals surface area contributed by atoms with Crippen LogP contribution in [-0.4, -0.2) is 88.3 Å². The molecule has 1 aliphatic carbocycles. The maximum Gasteiger partial charge on any atom is 0.534 e. The zero-order valence-corrected chi connectivity index (χ0v) is 41.3. The number of benzene rings is 5. The first-order valence-electron chi connectivity index (χ1n) is 23.2. The Bertz CT molecular complexity index is 2690. The van der Waals surface area contributed by atoms with Crippen LogP contribution < -0.4 is 15.1 Å². The van der Waals surface area contributed by atoms with Gasteiger partial charge in [-0.15, -0.1) is 0 Å².